The maximum absolute atomic E-state index is 12.6. The first-order chi connectivity index (χ1) is 15.7. The van der Waals surface area contributed by atoms with Crippen LogP contribution in [0, 0.1) is 16.0 Å². The average molecular weight is 457 g/mol. The summed E-state index contributed by atoms with van der Waals surface area (Å²) >= 11 is 0. The Kier molecular flexibility index (Phi) is 7.11. The van der Waals surface area contributed by atoms with E-state index in [0.29, 0.717) is 11.4 Å². The summed E-state index contributed by atoms with van der Waals surface area (Å²) in [6, 6.07) is 10.7. The van der Waals surface area contributed by atoms with Crippen LogP contribution in [0.5, 0.6) is 11.5 Å². The molecule has 1 aliphatic heterocycles. The van der Waals surface area contributed by atoms with Crippen molar-refractivity contribution in [2.45, 2.75) is 19.4 Å². The number of non-ortho nitro benzene ring substituents is 1. The summed E-state index contributed by atoms with van der Waals surface area (Å²) in [6.07, 6.45) is -1.28. The number of rotatable bonds is 8. The molecule has 174 valence electrons. The van der Waals surface area contributed by atoms with Crippen LogP contribution in [-0.2, 0) is 19.1 Å². The third-order valence-electron chi connectivity index (χ3n) is 5.15. The summed E-state index contributed by atoms with van der Waals surface area (Å²) in [6.45, 7) is 1.46. The van der Waals surface area contributed by atoms with Gasteiger partial charge in [-0.05, 0) is 25.1 Å². The van der Waals surface area contributed by atoms with Crippen molar-refractivity contribution < 1.29 is 33.5 Å². The number of nitro groups is 1. The van der Waals surface area contributed by atoms with E-state index in [1.54, 1.807) is 24.3 Å². The van der Waals surface area contributed by atoms with E-state index >= 15 is 0 Å². The minimum Gasteiger partial charge on any atom is -0.495 e. The van der Waals surface area contributed by atoms with E-state index < -0.39 is 28.8 Å². The largest absolute Gasteiger partial charge is 0.495 e. The van der Waals surface area contributed by atoms with E-state index in [-0.39, 0.29) is 36.0 Å². The molecule has 11 nitrogen and oxygen atoms in total. The number of nitro benzene ring substituents is 1. The number of para-hydroxylation sites is 2. The van der Waals surface area contributed by atoms with Crippen molar-refractivity contribution in [1.82, 2.24) is 0 Å². The summed E-state index contributed by atoms with van der Waals surface area (Å²) in [5.41, 5.74) is 0.374. The molecule has 1 N–H and O–H groups in total. The van der Waals surface area contributed by atoms with Crippen LogP contribution in [-0.4, -0.2) is 49.6 Å². The fourth-order valence-corrected chi connectivity index (χ4v) is 3.42. The van der Waals surface area contributed by atoms with E-state index in [4.69, 9.17) is 14.2 Å². The second-order valence-electron chi connectivity index (χ2n) is 7.29. The normalized spacial score (nSPS) is 16.2. The summed E-state index contributed by atoms with van der Waals surface area (Å²) in [4.78, 5) is 49.5. The topological polar surface area (TPSA) is 137 Å². The lowest BCUT2D eigenvalue weighted by atomic mass is 10.1. The van der Waals surface area contributed by atoms with Gasteiger partial charge >= 0.3 is 5.97 Å². The number of anilines is 2. The van der Waals surface area contributed by atoms with Gasteiger partial charge in [0.25, 0.3) is 11.6 Å². The number of ether oxygens (including phenoxy) is 3. The Morgan fingerprint density at radius 2 is 1.85 bits per heavy atom. The average Bonchev–Trinajstić information content (AvgIpc) is 3.20. The van der Waals surface area contributed by atoms with E-state index in [1.807, 2.05) is 0 Å². The molecule has 2 atom stereocenters. The van der Waals surface area contributed by atoms with Gasteiger partial charge in [-0.3, -0.25) is 24.5 Å². The number of benzene rings is 2. The van der Waals surface area contributed by atoms with Gasteiger partial charge in [0, 0.05) is 25.1 Å². The molecule has 0 radical (unpaired) electrons. The van der Waals surface area contributed by atoms with Gasteiger partial charge in [0.15, 0.2) is 6.10 Å². The first kappa shape index (κ1) is 23.5. The minimum absolute atomic E-state index is 0.0656. The number of hydrogen-bond donors (Lipinski definition) is 1. The molecule has 1 saturated heterocycles. The van der Waals surface area contributed by atoms with Crippen LogP contribution in [0.25, 0.3) is 0 Å². The maximum atomic E-state index is 12.6. The van der Waals surface area contributed by atoms with Gasteiger partial charge < -0.3 is 24.4 Å². The lowest BCUT2D eigenvalue weighted by Crippen LogP contribution is -2.33. The molecule has 0 aromatic heterocycles. The SMILES string of the molecule is COc1ccc([N+](=O)[O-])cc1NC(=O)[C@H](C)OC(=O)[C@@H]1CC(=O)N(c2ccccc2OC)C1. The second-order valence-corrected chi connectivity index (χ2v) is 7.29. The smallest absolute Gasteiger partial charge is 0.312 e. The Labute approximate surface area is 189 Å². The lowest BCUT2D eigenvalue weighted by molar-refractivity contribution is -0.384. The van der Waals surface area contributed by atoms with Gasteiger partial charge in [-0.25, -0.2) is 0 Å². The van der Waals surface area contributed by atoms with Crippen LogP contribution in [0.1, 0.15) is 13.3 Å². The zero-order valence-corrected chi connectivity index (χ0v) is 18.3. The molecular formula is C22H23N3O8. The van der Waals surface area contributed by atoms with Crippen LogP contribution < -0.4 is 19.7 Å². The van der Waals surface area contributed by atoms with Crippen molar-refractivity contribution in [2.75, 3.05) is 31.0 Å². The summed E-state index contributed by atoms with van der Waals surface area (Å²) in [7, 11) is 2.84. The monoisotopic (exact) mass is 457 g/mol. The van der Waals surface area contributed by atoms with E-state index in [9.17, 15) is 24.5 Å². The van der Waals surface area contributed by atoms with E-state index in [2.05, 4.69) is 5.32 Å². The number of carbonyl (C=O) groups excluding carboxylic acids is 3. The highest BCUT2D eigenvalue weighted by atomic mass is 16.6. The summed E-state index contributed by atoms with van der Waals surface area (Å²) in [5.74, 6) is -1.72. The number of carbonyl (C=O) groups is 3. The molecule has 0 spiro atoms. The number of esters is 1. The highest BCUT2D eigenvalue weighted by Crippen LogP contribution is 2.33. The third-order valence-corrected chi connectivity index (χ3v) is 5.15. The van der Waals surface area contributed by atoms with Crippen LogP contribution >= 0.6 is 0 Å². The number of nitrogens with zero attached hydrogens (tertiary/aromatic N) is 2. The van der Waals surface area contributed by atoms with Gasteiger partial charge in [-0.15, -0.1) is 0 Å². The Morgan fingerprint density at radius 1 is 1.15 bits per heavy atom. The molecule has 2 aromatic carbocycles. The molecule has 0 unspecified atom stereocenters. The molecular weight excluding hydrogens is 434 g/mol. The molecule has 0 aliphatic carbocycles. The van der Waals surface area contributed by atoms with Crippen LogP contribution in [0.15, 0.2) is 42.5 Å². The van der Waals surface area contributed by atoms with E-state index in [1.165, 1.54) is 38.2 Å². The Balaban J connectivity index is 1.65. The molecule has 0 bridgehead atoms. The predicted molar refractivity (Wildman–Crippen MR) is 117 cm³/mol. The van der Waals surface area contributed by atoms with Gasteiger partial charge in [0.2, 0.25) is 5.91 Å². The Morgan fingerprint density at radius 3 is 2.52 bits per heavy atom. The maximum Gasteiger partial charge on any atom is 0.312 e. The fraction of sp³-hybridized carbons (Fsp3) is 0.318. The van der Waals surface area contributed by atoms with Crippen molar-refractivity contribution >= 4 is 34.8 Å². The highest BCUT2D eigenvalue weighted by molar-refractivity contribution is 6.01. The number of amides is 2. The van der Waals surface area contributed by atoms with Crippen molar-refractivity contribution in [3.8, 4) is 11.5 Å². The standard InChI is InChI=1S/C22H23N3O8/c1-13(21(27)23-16-11-15(25(29)30)8-9-18(16)31-2)33-22(28)14-10-20(26)24(12-14)17-6-4-5-7-19(17)32-3/h4-9,11,13-14H,10,12H2,1-3H3,(H,23,27)/t13-,14+/m0/s1. The van der Waals surface area contributed by atoms with Gasteiger partial charge in [-0.2, -0.15) is 0 Å². The molecule has 33 heavy (non-hydrogen) atoms. The van der Waals surface area contributed by atoms with Gasteiger partial charge in [0.05, 0.1) is 36.4 Å². The second kappa shape index (κ2) is 9.98. The molecule has 11 heteroatoms. The molecule has 2 aromatic rings. The van der Waals surface area contributed by atoms with Crippen LogP contribution in [0.2, 0.25) is 0 Å². The zero-order valence-electron chi connectivity index (χ0n) is 18.3. The molecule has 3 rings (SSSR count). The fourth-order valence-electron chi connectivity index (χ4n) is 3.42. The summed E-state index contributed by atoms with van der Waals surface area (Å²) < 4.78 is 15.7. The minimum atomic E-state index is -1.21. The van der Waals surface area contributed by atoms with E-state index in [0.717, 1.165) is 6.07 Å². The van der Waals surface area contributed by atoms with Crippen molar-refractivity contribution in [3.05, 3.63) is 52.6 Å². The lowest BCUT2D eigenvalue weighted by Gasteiger charge is -2.20. The van der Waals surface area contributed by atoms with Crippen LogP contribution in [0.4, 0.5) is 17.1 Å². The van der Waals surface area contributed by atoms with Crippen molar-refractivity contribution in [3.63, 3.8) is 0 Å². The molecule has 1 heterocycles. The Hall–Kier alpha value is -4.15. The third kappa shape index (κ3) is 5.20. The highest BCUT2D eigenvalue weighted by Gasteiger charge is 2.38. The molecule has 0 saturated carbocycles. The van der Waals surface area contributed by atoms with Crippen molar-refractivity contribution in [2.24, 2.45) is 5.92 Å². The molecule has 1 fully saturated rings. The van der Waals surface area contributed by atoms with Crippen LogP contribution in [0.3, 0.4) is 0 Å². The zero-order chi connectivity index (χ0) is 24.1. The van der Waals surface area contributed by atoms with Gasteiger partial charge in [0.1, 0.15) is 11.5 Å². The van der Waals surface area contributed by atoms with Gasteiger partial charge in [-0.1, -0.05) is 12.1 Å². The predicted octanol–water partition coefficient (Wildman–Crippen LogP) is 2.54. The first-order valence-corrected chi connectivity index (χ1v) is 10.0. The number of hydrogen-bond acceptors (Lipinski definition) is 8. The Bertz CT molecular complexity index is 1090. The number of methoxy groups -OCH3 is 2. The molecule has 1 aliphatic rings. The first-order valence-electron chi connectivity index (χ1n) is 10.0. The number of nitrogens with one attached hydrogen (secondary N) is 1. The summed E-state index contributed by atoms with van der Waals surface area (Å²) in [5, 5.41) is 13.5. The van der Waals surface area contributed by atoms with Crippen molar-refractivity contribution in [1.29, 1.82) is 0 Å². The quantitative estimate of drug-likeness (QED) is 0.363. The molecule has 2 amide bonds.